The van der Waals surface area contributed by atoms with Crippen LogP contribution >= 0.6 is 0 Å². The molecule has 0 radical (unpaired) electrons. The van der Waals surface area contributed by atoms with E-state index in [4.69, 9.17) is 9.47 Å². The molecule has 112 valence electrons. The molecule has 0 amide bonds. The first-order valence-electron chi connectivity index (χ1n) is 7.88. The molecular formula is C17H26O3. The van der Waals surface area contributed by atoms with E-state index < -0.39 is 0 Å². The monoisotopic (exact) mass is 278 g/mol. The first-order chi connectivity index (χ1) is 9.42. The maximum Gasteiger partial charge on any atom is 0.160 e. The molecule has 6 atom stereocenters. The maximum atomic E-state index is 12.8. The molecule has 0 aromatic heterocycles. The maximum absolute atomic E-state index is 12.8. The number of Topliss-reactive ketones (excluding diaryl/α,β-unsaturated/α-hetero) is 1. The zero-order valence-electron chi connectivity index (χ0n) is 12.9. The lowest BCUT2D eigenvalue weighted by atomic mass is 9.60. The molecular weight excluding hydrogens is 252 g/mol. The highest BCUT2D eigenvalue weighted by Crippen LogP contribution is 2.51. The fraction of sp³-hybridized carbons (Fsp3) is 0.824. The van der Waals surface area contributed by atoms with Gasteiger partial charge < -0.3 is 9.47 Å². The number of fused-ring (bicyclic) bond motifs is 1. The van der Waals surface area contributed by atoms with E-state index in [1.165, 1.54) is 0 Å². The molecule has 3 heteroatoms. The van der Waals surface area contributed by atoms with Gasteiger partial charge in [0.15, 0.2) is 6.29 Å². The molecule has 2 heterocycles. The Morgan fingerprint density at radius 1 is 1.40 bits per heavy atom. The van der Waals surface area contributed by atoms with Gasteiger partial charge in [0.05, 0.1) is 18.1 Å². The number of carbonyl (C=O) groups excluding carboxylic acids is 1. The summed E-state index contributed by atoms with van der Waals surface area (Å²) in [6, 6.07) is 0. The lowest BCUT2D eigenvalue weighted by molar-refractivity contribution is -0.169. The van der Waals surface area contributed by atoms with Gasteiger partial charge in [-0.1, -0.05) is 19.1 Å². The predicted octanol–water partition coefficient (Wildman–Crippen LogP) is 3.34. The third-order valence-electron chi connectivity index (χ3n) is 6.03. The molecule has 0 N–H and O–H groups in total. The summed E-state index contributed by atoms with van der Waals surface area (Å²) in [7, 11) is 0. The number of rotatable bonds is 2. The molecule has 3 fully saturated rings. The molecule has 0 aromatic rings. The normalized spacial score (nSPS) is 48.4. The van der Waals surface area contributed by atoms with Crippen molar-refractivity contribution < 1.29 is 14.3 Å². The van der Waals surface area contributed by atoms with Crippen LogP contribution in [0.25, 0.3) is 0 Å². The average molecular weight is 278 g/mol. The molecule has 20 heavy (non-hydrogen) atoms. The molecule has 0 unspecified atom stereocenters. The summed E-state index contributed by atoms with van der Waals surface area (Å²) in [6.45, 7) is 11.2. The van der Waals surface area contributed by atoms with Crippen molar-refractivity contribution in [1.82, 2.24) is 0 Å². The van der Waals surface area contributed by atoms with Crippen molar-refractivity contribution in [3.05, 3.63) is 12.2 Å². The lowest BCUT2D eigenvalue weighted by Gasteiger charge is -2.45. The van der Waals surface area contributed by atoms with Crippen molar-refractivity contribution in [3.8, 4) is 0 Å². The zero-order valence-corrected chi connectivity index (χ0v) is 12.9. The molecule has 1 aliphatic carbocycles. The second-order valence-corrected chi connectivity index (χ2v) is 7.24. The first-order valence-corrected chi connectivity index (χ1v) is 7.88. The number of ketones is 1. The van der Waals surface area contributed by atoms with E-state index in [1.54, 1.807) is 0 Å². The fourth-order valence-corrected chi connectivity index (χ4v) is 4.21. The Hall–Kier alpha value is -0.670. The van der Waals surface area contributed by atoms with Gasteiger partial charge >= 0.3 is 0 Å². The molecule has 0 bridgehead atoms. The van der Waals surface area contributed by atoms with Gasteiger partial charge in [0.25, 0.3) is 0 Å². The Kier molecular flexibility index (Phi) is 3.54. The predicted molar refractivity (Wildman–Crippen MR) is 77.2 cm³/mol. The van der Waals surface area contributed by atoms with Crippen molar-refractivity contribution in [2.24, 2.45) is 23.2 Å². The molecule has 2 saturated heterocycles. The Labute approximate surface area is 121 Å². The van der Waals surface area contributed by atoms with Crippen LogP contribution in [-0.2, 0) is 14.3 Å². The fourth-order valence-electron chi connectivity index (χ4n) is 4.21. The summed E-state index contributed by atoms with van der Waals surface area (Å²) in [6.07, 6.45) is 3.71. The third-order valence-corrected chi connectivity index (χ3v) is 6.03. The number of hydrogen-bond acceptors (Lipinski definition) is 3. The summed E-state index contributed by atoms with van der Waals surface area (Å²) in [5.74, 6) is 1.54. The van der Waals surface area contributed by atoms with E-state index >= 15 is 0 Å². The summed E-state index contributed by atoms with van der Waals surface area (Å²) >= 11 is 0. The highest BCUT2D eigenvalue weighted by Gasteiger charge is 2.55. The number of carbonyl (C=O) groups is 1. The zero-order chi connectivity index (χ0) is 14.5. The highest BCUT2D eigenvalue weighted by atomic mass is 16.7. The van der Waals surface area contributed by atoms with Crippen LogP contribution in [0.15, 0.2) is 12.2 Å². The summed E-state index contributed by atoms with van der Waals surface area (Å²) in [4.78, 5) is 12.8. The molecule has 2 aliphatic heterocycles. The second-order valence-electron chi connectivity index (χ2n) is 7.24. The summed E-state index contributed by atoms with van der Waals surface area (Å²) in [5, 5.41) is 0. The quantitative estimate of drug-likeness (QED) is 0.727. The van der Waals surface area contributed by atoms with Gasteiger partial charge in [-0.05, 0) is 44.9 Å². The third kappa shape index (κ3) is 2.06. The van der Waals surface area contributed by atoms with Gasteiger partial charge in [0.1, 0.15) is 5.78 Å². The molecule has 0 spiro atoms. The van der Waals surface area contributed by atoms with E-state index in [9.17, 15) is 4.79 Å². The van der Waals surface area contributed by atoms with E-state index in [0.717, 1.165) is 31.4 Å². The molecule has 3 nitrogen and oxygen atoms in total. The second kappa shape index (κ2) is 4.96. The standard InChI is InChI=1S/C17H26O3/c1-10(2)13-7-11(3)17(4,14(18)8-13)15-9-12-5-6-19-16(12)20-15/h11-13,15-16H,1,5-9H2,2-4H3/t11-,12+,13-,15+,16+,17+/m1/s1. The highest BCUT2D eigenvalue weighted by molar-refractivity contribution is 5.86. The van der Waals surface area contributed by atoms with E-state index in [1.807, 2.05) is 6.92 Å². The molecule has 1 saturated carbocycles. The van der Waals surface area contributed by atoms with Crippen LogP contribution in [-0.4, -0.2) is 24.8 Å². The minimum absolute atomic E-state index is 0.0337. The summed E-state index contributed by atoms with van der Waals surface area (Å²) < 4.78 is 11.7. The average Bonchev–Trinajstić information content (AvgIpc) is 2.95. The minimum atomic E-state index is -0.348. The van der Waals surface area contributed by atoms with E-state index in [-0.39, 0.29) is 17.8 Å². The van der Waals surface area contributed by atoms with Gasteiger partial charge in [0.2, 0.25) is 0 Å². The van der Waals surface area contributed by atoms with Crippen LogP contribution < -0.4 is 0 Å². The SMILES string of the molecule is C=C(C)[C@H]1CC(=O)[C@@](C)([C@@H]2C[C@@H]3CCO[C@H]3O2)[C@H](C)C1. The van der Waals surface area contributed by atoms with Gasteiger partial charge in [-0.3, -0.25) is 4.79 Å². The van der Waals surface area contributed by atoms with Crippen LogP contribution in [0.2, 0.25) is 0 Å². The first kappa shape index (κ1) is 14.3. The van der Waals surface area contributed by atoms with Crippen LogP contribution in [0.1, 0.15) is 46.5 Å². The van der Waals surface area contributed by atoms with Crippen molar-refractivity contribution in [2.75, 3.05) is 6.61 Å². The van der Waals surface area contributed by atoms with Crippen molar-refractivity contribution in [2.45, 2.75) is 58.8 Å². The number of allylic oxidation sites excluding steroid dienone is 1. The van der Waals surface area contributed by atoms with Crippen molar-refractivity contribution in [3.63, 3.8) is 0 Å². The Bertz CT molecular complexity index is 418. The van der Waals surface area contributed by atoms with E-state index in [0.29, 0.717) is 30.0 Å². The lowest BCUT2D eigenvalue weighted by Crippen LogP contribution is -2.49. The Morgan fingerprint density at radius 2 is 2.15 bits per heavy atom. The van der Waals surface area contributed by atoms with Gasteiger partial charge in [-0.25, -0.2) is 0 Å². The van der Waals surface area contributed by atoms with Crippen LogP contribution in [0.3, 0.4) is 0 Å². The molecule has 0 aromatic carbocycles. The van der Waals surface area contributed by atoms with Crippen LogP contribution in [0.4, 0.5) is 0 Å². The Morgan fingerprint density at radius 3 is 2.75 bits per heavy atom. The van der Waals surface area contributed by atoms with Gasteiger partial charge in [-0.2, -0.15) is 0 Å². The topological polar surface area (TPSA) is 35.5 Å². The smallest absolute Gasteiger partial charge is 0.160 e. The summed E-state index contributed by atoms with van der Waals surface area (Å²) in [5.41, 5.74) is 0.791. The Balaban J connectivity index is 1.78. The van der Waals surface area contributed by atoms with E-state index in [2.05, 4.69) is 20.4 Å². The molecule has 3 aliphatic rings. The van der Waals surface area contributed by atoms with Crippen molar-refractivity contribution in [1.29, 1.82) is 0 Å². The minimum Gasteiger partial charge on any atom is -0.352 e. The van der Waals surface area contributed by atoms with Gasteiger partial charge in [-0.15, -0.1) is 0 Å². The molecule has 3 rings (SSSR count). The number of ether oxygens (including phenoxy) is 2. The van der Waals surface area contributed by atoms with Crippen molar-refractivity contribution >= 4 is 5.78 Å². The largest absolute Gasteiger partial charge is 0.352 e. The van der Waals surface area contributed by atoms with Gasteiger partial charge in [0, 0.05) is 12.3 Å². The van der Waals surface area contributed by atoms with Crippen LogP contribution in [0, 0.1) is 23.2 Å². The number of hydrogen-bond donors (Lipinski definition) is 0. The van der Waals surface area contributed by atoms with Crippen LogP contribution in [0.5, 0.6) is 0 Å².